The van der Waals surface area contributed by atoms with Crippen molar-refractivity contribution in [3.63, 3.8) is 0 Å². The molecule has 1 aromatic rings. The smallest absolute Gasteiger partial charge is 0.223 e. The molecule has 0 fully saturated rings. The summed E-state index contributed by atoms with van der Waals surface area (Å²) in [5.74, 6) is -0.374. The minimum Gasteiger partial charge on any atom is -0.341 e. The van der Waals surface area contributed by atoms with Crippen molar-refractivity contribution in [2.45, 2.75) is 13.0 Å². The lowest BCUT2D eigenvalue weighted by Gasteiger charge is -2.17. The second-order valence-electron chi connectivity index (χ2n) is 3.84. The van der Waals surface area contributed by atoms with Crippen molar-refractivity contribution in [3.8, 4) is 0 Å². The first-order chi connectivity index (χ1) is 8.04. The lowest BCUT2D eigenvalue weighted by Crippen LogP contribution is -2.29. The van der Waals surface area contributed by atoms with Crippen LogP contribution in [0.15, 0.2) is 18.2 Å². The van der Waals surface area contributed by atoms with Gasteiger partial charge in [0.15, 0.2) is 0 Å². The number of hydrogen-bond donors (Lipinski definition) is 1. The minimum atomic E-state index is -0.345. The summed E-state index contributed by atoms with van der Waals surface area (Å²) in [6.07, 6.45) is 0.398. The fourth-order valence-electron chi connectivity index (χ4n) is 1.43. The number of carbonyl (C=O) groups is 1. The Hall–Kier alpha value is -1.13. The average Bonchev–Trinajstić information content (AvgIpc) is 2.30. The predicted molar refractivity (Wildman–Crippen MR) is 66.4 cm³/mol. The topological polar surface area (TPSA) is 32.3 Å². The van der Waals surface area contributed by atoms with Gasteiger partial charge in [-0.25, -0.2) is 4.39 Å². The molecule has 0 saturated heterocycles. The Bertz CT molecular complexity index is 398. The van der Waals surface area contributed by atoms with Crippen molar-refractivity contribution in [1.82, 2.24) is 10.2 Å². The van der Waals surface area contributed by atoms with Gasteiger partial charge in [-0.15, -0.1) is 0 Å². The van der Waals surface area contributed by atoms with Crippen molar-refractivity contribution < 1.29 is 9.18 Å². The van der Waals surface area contributed by atoms with Crippen molar-refractivity contribution in [2.75, 3.05) is 20.6 Å². The van der Waals surface area contributed by atoms with Crippen LogP contribution in [0.5, 0.6) is 0 Å². The van der Waals surface area contributed by atoms with Crippen molar-refractivity contribution >= 4 is 17.5 Å². The number of amides is 1. The van der Waals surface area contributed by atoms with E-state index in [-0.39, 0.29) is 18.3 Å². The maximum absolute atomic E-state index is 13.4. The highest BCUT2D eigenvalue weighted by molar-refractivity contribution is 6.30. The summed E-state index contributed by atoms with van der Waals surface area (Å²) in [6.45, 7) is 0.843. The number of nitrogens with zero attached hydrogens (tertiary/aromatic N) is 1. The molecule has 0 aliphatic rings. The normalized spacial score (nSPS) is 10.4. The van der Waals surface area contributed by atoms with Crippen LogP contribution < -0.4 is 5.32 Å². The van der Waals surface area contributed by atoms with E-state index in [1.54, 1.807) is 20.2 Å². The molecule has 1 N–H and O–H groups in total. The lowest BCUT2D eigenvalue weighted by molar-refractivity contribution is -0.130. The van der Waals surface area contributed by atoms with Gasteiger partial charge < -0.3 is 10.2 Å². The van der Waals surface area contributed by atoms with Crippen molar-refractivity contribution in [3.05, 3.63) is 34.6 Å². The SMILES string of the molecule is CNCCC(=O)N(C)Cc1cc(Cl)ccc1F. The van der Waals surface area contributed by atoms with Crippen molar-refractivity contribution in [1.29, 1.82) is 0 Å². The molecule has 1 aromatic carbocycles. The van der Waals surface area contributed by atoms with Crippen LogP contribution in [-0.2, 0) is 11.3 Å². The molecule has 0 aromatic heterocycles. The van der Waals surface area contributed by atoms with Gasteiger partial charge in [0.25, 0.3) is 0 Å². The van der Waals surface area contributed by atoms with Gasteiger partial charge in [0, 0.05) is 37.1 Å². The average molecular weight is 259 g/mol. The summed E-state index contributed by atoms with van der Waals surface area (Å²) >= 11 is 5.78. The van der Waals surface area contributed by atoms with Gasteiger partial charge in [0.1, 0.15) is 5.82 Å². The third-order valence-electron chi connectivity index (χ3n) is 2.43. The Morgan fingerprint density at radius 1 is 1.53 bits per heavy atom. The van der Waals surface area contributed by atoms with E-state index < -0.39 is 0 Å². The monoisotopic (exact) mass is 258 g/mol. The van der Waals surface area contributed by atoms with E-state index in [2.05, 4.69) is 5.32 Å². The quantitative estimate of drug-likeness (QED) is 0.877. The van der Waals surface area contributed by atoms with Gasteiger partial charge in [-0.3, -0.25) is 4.79 Å². The molecule has 0 aliphatic carbocycles. The number of halogens is 2. The molecule has 1 rings (SSSR count). The van der Waals surface area contributed by atoms with Gasteiger partial charge in [-0.2, -0.15) is 0 Å². The van der Waals surface area contributed by atoms with Crippen LogP contribution in [0.2, 0.25) is 5.02 Å². The summed E-state index contributed by atoms with van der Waals surface area (Å²) in [7, 11) is 3.43. The number of hydrogen-bond acceptors (Lipinski definition) is 2. The van der Waals surface area contributed by atoms with Crippen LogP contribution in [0.25, 0.3) is 0 Å². The molecule has 0 bridgehead atoms. The fourth-order valence-corrected chi connectivity index (χ4v) is 1.63. The van der Waals surface area contributed by atoms with Crippen LogP contribution in [0.1, 0.15) is 12.0 Å². The Balaban J connectivity index is 2.64. The zero-order valence-electron chi connectivity index (χ0n) is 9.96. The summed E-state index contributed by atoms with van der Waals surface area (Å²) in [6, 6.07) is 4.34. The molecule has 3 nitrogen and oxygen atoms in total. The zero-order chi connectivity index (χ0) is 12.8. The molecule has 0 heterocycles. The standard InChI is InChI=1S/C12H16ClFN2O/c1-15-6-5-12(17)16(2)8-9-7-10(13)3-4-11(9)14/h3-4,7,15H,5-6,8H2,1-2H3. The summed E-state index contributed by atoms with van der Waals surface area (Å²) in [4.78, 5) is 13.1. The van der Waals surface area contributed by atoms with Gasteiger partial charge in [0.2, 0.25) is 5.91 Å². The lowest BCUT2D eigenvalue weighted by atomic mass is 10.2. The van der Waals surface area contributed by atoms with E-state index in [1.165, 1.54) is 17.0 Å². The first-order valence-electron chi connectivity index (χ1n) is 5.37. The highest BCUT2D eigenvalue weighted by Gasteiger charge is 2.11. The Morgan fingerprint density at radius 2 is 2.24 bits per heavy atom. The molecule has 0 saturated carbocycles. The highest BCUT2D eigenvalue weighted by Crippen LogP contribution is 2.16. The van der Waals surface area contributed by atoms with E-state index in [0.29, 0.717) is 23.6 Å². The third-order valence-corrected chi connectivity index (χ3v) is 2.66. The van der Waals surface area contributed by atoms with Crippen LogP contribution in [0, 0.1) is 5.82 Å². The van der Waals surface area contributed by atoms with E-state index in [9.17, 15) is 9.18 Å². The first-order valence-corrected chi connectivity index (χ1v) is 5.75. The zero-order valence-corrected chi connectivity index (χ0v) is 10.7. The highest BCUT2D eigenvalue weighted by atomic mass is 35.5. The van der Waals surface area contributed by atoms with Gasteiger partial charge >= 0.3 is 0 Å². The molecule has 17 heavy (non-hydrogen) atoms. The number of benzene rings is 1. The Morgan fingerprint density at radius 3 is 2.88 bits per heavy atom. The van der Waals surface area contributed by atoms with E-state index in [0.717, 1.165) is 0 Å². The molecular weight excluding hydrogens is 243 g/mol. The molecular formula is C12H16ClFN2O. The van der Waals surface area contributed by atoms with Crippen molar-refractivity contribution in [2.24, 2.45) is 0 Å². The maximum atomic E-state index is 13.4. The van der Waals surface area contributed by atoms with Crippen LogP contribution in [-0.4, -0.2) is 31.4 Å². The number of rotatable bonds is 5. The molecule has 1 amide bonds. The number of carbonyl (C=O) groups excluding carboxylic acids is 1. The molecule has 0 spiro atoms. The van der Waals surface area contributed by atoms with E-state index in [1.807, 2.05) is 0 Å². The van der Waals surface area contributed by atoms with Crippen LogP contribution >= 0.6 is 11.6 Å². The van der Waals surface area contributed by atoms with Gasteiger partial charge in [-0.1, -0.05) is 11.6 Å². The molecule has 94 valence electrons. The predicted octanol–water partition coefficient (Wildman–Crippen LogP) is 2.05. The van der Waals surface area contributed by atoms with E-state index >= 15 is 0 Å². The minimum absolute atomic E-state index is 0.0290. The van der Waals surface area contributed by atoms with Gasteiger partial charge in [-0.05, 0) is 25.2 Å². The van der Waals surface area contributed by atoms with Crippen LogP contribution in [0.4, 0.5) is 4.39 Å². The summed E-state index contributed by atoms with van der Waals surface area (Å²) in [5.41, 5.74) is 0.429. The molecule has 0 unspecified atom stereocenters. The van der Waals surface area contributed by atoms with Crippen LogP contribution in [0.3, 0.4) is 0 Å². The largest absolute Gasteiger partial charge is 0.341 e. The Kier molecular flexibility index (Phi) is 5.38. The van der Waals surface area contributed by atoms with Gasteiger partial charge in [0.05, 0.1) is 0 Å². The second-order valence-corrected chi connectivity index (χ2v) is 4.28. The Labute approximate surface area is 106 Å². The molecule has 0 aliphatic heterocycles. The molecule has 0 atom stereocenters. The first kappa shape index (κ1) is 13.9. The summed E-state index contributed by atoms with van der Waals surface area (Å²) in [5, 5.41) is 3.37. The second kappa shape index (κ2) is 6.57. The maximum Gasteiger partial charge on any atom is 0.223 e. The van der Waals surface area contributed by atoms with E-state index in [4.69, 9.17) is 11.6 Å². The number of nitrogens with one attached hydrogen (secondary N) is 1. The fraction of sp³-hybridized carbons (Fsp3) is 0.417. The molecule has 5 heteroatoms. The molecule has 0 radical (unpaired) electrons. The third kappa shape index (κ3) is 4.32. The summed E-state index contributed by atoms with van der Waals surface area (Å²) < 4.78 is 13.4.